The molecule has 0 aromatic heterocycles. The number of unbranched alkanes of at least 4 members (excludes halogenated alkanes) is 24. The van der Waals surface area contributed by atoms with E-state index in [2.05, 4.69) is 27.7 Å². The van der Waals surface area contributed by atoms with E-state index in [1.54, 1.807) is 50.3 Å². The summed E-state index contributed by atoms with van der Waals surface area (Å²) in [7, 11) is -1.09. The molecule has 0 unspecified atom stereocenters. The van der Waals surface area contributed by atoms with E-state index in [1.807, 2.05) is 0 Å². The summed E-state index contributed by atoms with van der Waals surface area (Å²) in [5.41, 5.74) is 0. The van der Waals surface area contributed by atoms with Crippen LogP contribution >= 0.6 is 7.26 Å². The minimum absolute atomic E-state index is 1.09. The van der Waals surface area contributed by atoms with E-state index in [0.717, 1.165) is 0 Å². The summed E-state index contributed by atoms with van der Waals surface area (Å²) in [6.45, 7) is 9.39. The Morgan fingerprint density at radius 3 is 0.568 bits per heavy atom. The van der Waals surface area contributed by atoms with Crippen molar-refractivity contribution in [2.24, 2.45) is 0 Å². The van der Waals surface area contributed by atoms with Gasteiger partial charge in [-0.15, -0.1) is 0 Å². The molecule has 0 N–H and O–H groups in total. The monoisotopic (exact) mass is 541 g/mol. The quantitative estimate of drug-likeness (QED) is 0.0588. The predicted molar refractivity (Wildman–Crippen MR) is 180 cm³/mol. The summed E-state index contributed by atoms with van der Waals surface area (Å²) in [6.07, 6.45) is 48.4. The molecule has 0 atom stereocenters. The van der Waals surface area contributed by atoms with E-state index in [4.69, 9.17) is 0 Å². The first-order valence-corrected chi connectivity index (χ1v) is 21.1. The van der Waals surface area contributed by atoms with E-state index in [9.17, 15) is 0 Å². The maximum atomic E-state index is 2.35. The van der Waals surface area contributed by atoms with Gasteiger partial charge in [0.2, 0.25) is 0 Å². The Morgan fingerprint density at radius 1 is 0.216 bits per heavy atom. The molecular formula is C36H77P. The fourth-order valence-electron chi connectivity index (χ4n) is 6.58. The fourth-order valence-corrected chi connectivity index (χ4v) is 12.1. The van der Waals surface area contributed by atoms with Crippen LogP contribution in [0.3, 0.4) is 0 Å². The van der Waals surface area contributed by atoms with Crippen molar-refractivity contribution in [3.8, 4) is 0 Å². The first-order chi connectivity index (χ1) is 18.2. The Hall–Kier alpha value is 0.430. The maximum absolute atomic E-state index is 2.35. The van der Waals surface area contributed by atoms with Crippen molar-refractivity contribution in [1.82, 2.24) is 0 Å². The third-order valence-electron chi connectivity index (χ3n) is 9.24. The van der Waals surface area contributed by atoms with E-state index >= 15 is 0 Å². The second kappa shape index (κ2) is 31.0. The normalized spacial score (nSPS) is 12.4. The molecule has 0 aliphatic carbocycles. The fraction of sp³-hybridized carbons (Fsp3) is 1.00. The van der Waals surface area contributed by atoms with E-state index in [1.165, 1.54) is 154 Å². The Kier molecular flexibility index (Phi) is 31.3. The van der Waals surface area contributed by atoms with Crippen molar-refractivity contribution in [2.75, 3.05) is 24.6 Å². The molecule has 0 rings (SSSR count). The van der Waals surface area contributed by atoms with Crippen LogP contribution in [0.5, 0.6) is 0 Å². The zero-order chi connectivity index (χ0) is 27.1. The van der Waals surface area contributed by atoms with Crippen LogP contribution < -0.4 is 0 Å². The molecule has 0 nitrogen and oxygen atoms in total. The molecule has 0 aliphatic heterocycles. The SMILES string of the molecule is CCCCCCCCCCCC[PH](CCCCCCCC)(CCCCCCCC)CCCCCCCC. The summed E-state index contributed by atoms with van der Waals surface area (Å²) >= 11 is 0. The molecule has 0 heterocycles. The summed E-state index contributed by atoms with van der Waals surface area (Å²) < 4.78 is 0. The minimum atomic E-state index is -1.09. The Balaban J connectivity index is 4.69. The van der Waals surface area contributed by atoms with Gasteiger partial charge in [0.05, 0.1) is 0 Å². The van der Waals surface area contributed by atoms with Gasteiger partial charge < -0.3 is 0 Å². The van der Waals surface area contributed by atoms with Crippen molar-refractivity contribution in [1.29, 1.82) is 0 Å². The molecule has 0 saturated heterocycles. The Labute approximate surface area is 239 Å². The molecular weight excluding hydrogens is 463 g/mol. The number of hydrogen-bond donors (Lipinski definition) is 0. The van der Waals surface area contributed by atoms with Crippen LogP contribution in [0.2, 0.25) is 0 Å². The molecule has 0 aliphatic rings. The molecule has 0 bridgehead atoms. The van der Waals surface area contributed by atoms with Crippen molar-refractivity contribution >= 4 is 7.26 Å². The van der Waals surface area contributed by atoms with Crippen LogP contribution in [0.25, 0.3) is 0 Å². The van der Waals surface area contributed by atoms with Crippen molar-refractivity contribution in [3.63, 3.8) is 0 Å². The average Bonchev–Trinajstić information content (AvgIpc) is 2.91. The van der Waals surface area contributed by atoms with Crippen LogP contribution in [0.4, 0.5) is 0 Å². The van der Waals surface area contributed by atoms with Gasteiger partial charge in [0, 0.05) is 0 Å². The molecule has 0 aromatic carbocycles. The summed E-state index contributed by atoms with van der Waals surface area (Å²) in [5, 5.41) is 0. The van der Waals surface area contributed by atoms with Gasteiger partial charge >= 0.3 is 239 Å². The van der Waals surface area contributed by atoms with E-state index < -0.39 is 7.26 Å². The average molecular weight is 541 g/mol. The van der Waals surface area contributed by atoms with Gasteiger partial charge in [0.25, 0.3) is 0 Å². The summed E-state index contributed by atoms with van der Waals surface area (Å²) in [5.74, 6) is 0. The molecule has 0 radical (unpaired) electrons. The van der Waals surface area contributed by atoms with Crippen LogP contribution in [0, 0.1) is 0 Å². The van der Waals surface area contributed by atoms with Gasteiger partial charge in [-0.05, 0) is 0 Å². The zero-order valence-corrected chi connectivity index (χ0v) is 28.1. The Bertz CT molecular complexity index is 363. The van der Waals surface area contributed by atoms with Crippen LogP contribution in [-0.2, 0) is 0 Å². The standard InChI is InChI=1S/C36H77P/c1-5-9-13-17-21-22-23-24-28-32-36-37(33-29-25-18-14-10-6-2,34-30-26-19-15-11-7-3)35-31-27-20-16-12-8-4/h37H,5-36H2,1-4H3. The predicted octanol–water partition coefficient (Wildman–Crippen LogP) is 13.7. The topological polar surface area (TPSA) is 0 Å². The van der Waals surface area contributed by atoms with Gasteiger partial charge in [0.1, 0.15) is 0 Å². The van der Waals surface area contributed by atoms with Gasteiger partial charge in [-0.2, -0.15) is 0 Å². The molecule has 0 aromatic rings. The number of hydrogen-bond acceptors (Lipinski definition) is 0. The van der Waals surface area contributed by atoms with E-state index in [0.29, 0.717) is 0 Å². The molecule has 0 amide bonds. The van der Waals surface area contributed by atoms with Gasteiger partial charge in [0.15, 0.2) is 0 Å². The summed E-state index contributed by atoms with van der Waals surface area (Å²) in [4.78, 5) is 0. The number of rotatable bonds is 32. The third-order valence-corrected chi connectivity index (χ3v) is 14.9. The first kappa shape index (κ1) is 37.4. The van der Waals surface area contributed by atoms with E-state index in [-0.39, 0.29) is 0 Å². The zero-order valence-electron chi connectivity index (χ0n) is 27.1. The van der Waals surface area contributed by atoms with Gasteiger partial charge in [-0.3, -0.25) is 0 Å². The summed E-state index contributed by atoms with van der Waals surface area (Å²) in [6, 6.07) is 0. The van der Waals surface area contributed by atoms with Crippen LogP contribution in [0.1, 0.15) is 207 Å². The molecule has 0 saturated carbocycles. The third kappa shape index (κ3) is 26.4. The van der Waals surface area contributed by atoms with Gasteiger partial charge in [-0.25, -0.2) is 0 Å². The second-order valence-electron chi connectivity index (χ2n) is 13.0. The molecule has 37 heavy (non-hydrogen) atoms. The molecule has 0 spiro atoms. The second-order valence-corrected chi connectivity index (χ2v) is 18.0. The van der Waals surface area contributed by atoms with Crippen molar-refractivity contribution in [2.45, 2.75) is 207 Å². The van der Waals surface area contributed by atoms with Crippen molar-refractivity contribution in [3.05, 3.63) is 0 Å². The van der Waals surface area contributed by atoms with Crippen LogP contribution in [-0.4, -0.2) is 24.6 Å². The van der Waals surface area contributed by atoms with Crippen LogP contribution in [0.15, 0.2) is 0 Å². The van der Waals surface area contributed by atoms with Crippen molar-refractivity contribution < 1.29 is 0 Å². The molecule has 1 heteroatoms. The first-order valence-electron chi connectivity index (χ1n) is 18.2. The Morgan fingerprint density at radius 2 is 0.378 bits per heavy atom. The van der Waals surface area contributed by atoms with Gasteiger partial charge in [-0.1, -0.05) is 0 Å². The molecule has 0 fully saturated rings. The molecule has 226 valence electrons.